The van der Waals surface area contributed by atoms with Crippen molar-refractivity contribution in [2.75, 3.05) is 32.8 Å². The summed E-state index contributed by atoms with van der Waals surface area (Å²) in [5, 5.41) is 0. The fourth-order valence-electron chi connectivity index (χ4n) is 2.93. The van der Waals surface area contributed by atoms with Gasteiger partial charge in [-0.15, -0.1) is 0 Å². The highest BCUT2D eigenvalue weighted by atomic mass is 16.5. The molecule has 4 nitrogen and oxygen atoms in total. The largest absolute Gasteiger partial charge is 0.376 e. The zero-order chi connectivity index (χ0) is 13.7. The number of amides is 2. The molecule has 1 unspecified atom stereocenters. The number of hydrogen-bond acceptors (Lipinski definition) is 2. The number of piperidine rings is 2. The van der Waals surface area contributed by atoms with Crippen LogP contribution in [-0.4, -0.2) is 54.7 Å². The van der Waals surface area contributed by atoms with Gasteiger partial charge in [-0.25, -0.2) is 4.79 Å². The minimum Gasteiger partial charge on any atom is -0.376 e. The van der Waals surface area contributed by atoms with E-state index in [4.69, 9.17) is 4.74 Å². The third kappa shape index (κ3) is 4.10. The highest BCUT2D eigenvalue weighted by Crippen LogP contribution is 2.20. The summed E-state index contributed by atoms with van der Waals surface area (Å²) >= 11 is 0. The van der Waals surface area contributed by atoms with Crippen molar-refractivity contribution in [3.8, 4) is 0 Å². The molecule has 0 radical (unpaired) electrons. The number of carbonyl (C=O) groups excluding carboxylic acids is 1. The molecule has 0 saturated carbocycles. The van der Waals surface area contributed by atoms with E-state index in [2.05, 4.69) is 13.8 Å². The summed E-state index contributed by atoms with van der Waals surface area (Å²) in [6.07, 6.45) is 5.77. The SMILES string of the molecule is CCCOC1CCCN(C(=O)N2CCC(C)CC2)C1. The second-order valence-electron chi connectivity index (χ2n) is 6.03. The molecule has 19 heavy (non-hydrogen) atoms. The van der Waals surface area contributed by atoms with Gasteiger partial charge in [0.25, 0.3) is 0 Å². The first-order chi connectivity index (χ1) is 9.20. The zero-order valence-electron chi connectivity index (χ0n) is 12.4. The Balaban J connectivity index is 1.81. The summed E-state index contributed by atoms with van der Waals surface area (Å²) < 4.78 is 5.80. The molecule has 2 fully saturated rings. The van der Waals surface area contributed by atoms with Gasteiger partial charge in [0.1, 0.15) is 0 Å². The number of urea groups is 1. The van der Waals surface area contributed by atoms with Gasteiger partial charge in [-0.2, -0.15) is 0 Å². The van der Waals surface area contributed by atoms with Crippen molar-refractivity contribution in [2.45, 2.75) is 52.1 Å². The van der Waals surface area contributed by atoms with Gasteiger partial charge in [0, 0.05) is 32.8 Å². The van der Waals surface area contributed by atoms with E-state index in [0.717, 1.165) is 70.8 Å². The number of rotatable bonds is 3. The molecule has 4 heteroatoms. The predicted molar refractivity (Wildman–Crippen MR) is 76.2 cm³/mol. The molecule has 2 amide bonds. The Morgan fingerprint density at radius 3 is 2.58 bits per heavy atom. The Morgan fingerprint density at radius 1 is 1.16 bits per heavy atom. The van der Waals surface area contributed by atoms with Gasteiger partial charge < -0.3 is 14.5 Å². The summed E-state index contributed by atoms with van der Waals surface area (Å²) in [7, 11) is 0. The Hall–Kier alpha value is -0.770. The molecule has 0 aromatic heterocycles. The van der Waals surface area contributed by atoms with Gasteiger partial charge in [-0.3, -0.25) is 0 Å². The maximum atomic E-state index is 12.5. The molecule has 2 saturated heterocycles. The molecule has 0 aromatic rings. The van der Waals surface area contributed by atoms with Crippen molar-refractivity contribution in [1.82, 2.24) is 9.80 Å². The molecule has 0 bridgehead atoms. The van der Waals surface area contributed by atoms with E-state index in [1.165, 1.54) is 0 Å². The van der Waals surface area contributed by atoms with Gasteiger partial charge >= 0.3 is 6.03 Å². The van der Waals surface area contributed by atoms with Crippen LogP contribution in [0.15, 0.2) is 0 Å². The molecule has 2 heterocycles. The van der Waals surface area contributed by atoms with Crippen LogP contribution in [0.25, 0.3) is 0 Å². The Labute approximate surface area is 117 Å². The van der Waals surface area contributed by atoms with Gasteiger partial charge in [0.15, 0.2) is 0 Å². The van der Waals surface area contributed by atoms with Crippen molar-refractivity contribution in [1.29, 1.82) is 0 Å². The number of nitrogens with zero attached hydrogens (tertiary/aromatic N) is 2. The fraction of sp³-hybridized carbons (Fsp3) is 0.933. The summed E-state index contributed by atoms with van der Waals surface area (Å²) in [4.78, 5) is 16.5. The first-order valence-electron chi connectivity index (χ1n) is 7.86. The van der Waals surface area contributed by atoms with Gasteiger partial charge in [-0.1, -0.05) is 13.8 Å². The maximum Gasteiger partial charge on any atom is 0.320 e. The van der Waals surface area contributed by atoms with Crippen molar-refractivity contribution in [2.24, 2.45) is 5.92 Å². The molecule has 0 N–H and O–H groups in total. The summed E-state index contributed by atoms with van der Waals surface area (Å²) in [5.41, 5.74) is 0. The molecule has 2 aliphatic heterocycles. The minimum atomic E-state index is 0.233. The second kappa shape index (κ2) is 7.13. The highest BCUT2D eigenvalue weighted by Gasteiger charge is 2.29. The van der Waals surface area contributed by atoms with Crippen LogP contribution >= 0.6 is 0 Å². The Kier molecular flexibility index (Phi) is 5.49. The van der Waals surface area contributed by atoms with Crippen LogP contribution in [0, 0.1) is 5.92 Å². The van der Waals surface area contributed by atoms with Crippen LogP contribution in [0.1, 0.15) is 46.0 Å². The second-order valence-corrected chi connectivity index (χ2v) is 6.03. The fourth-order valence-corrected chi connectivity index (χ4v) is 2.93. The van der Waals surface area contributed by atoms with Crippen molar-refractivity contribution >= 4 is 6.03 Å². The van der Waals surface area contributed by atoms with Crippen LogP contribution in [0.4, 0.5) is 4.79 Å². The molecule has 0 spiro atoms. The van der Waals surface area contributed by atoms with Crippen molar-refractivity contribution in [3.05, 3.63) is 0 Å². The third-order valence-electron chi connectivity index (χ3n) is 4.26. The summed E-state index contributed by atoms with van der Waals surface area (Å²) in [6.45, 7) is 8.75. The smallest absolute Gasteiger partial charge is 0.320 e. The third-order valence-corrected chi connectivity index (χ3v) is 4.26. The highest BCUT2D eigenvalue weighted by molar-refractivity contribution is 5.74. The van der Waals surface area contributed by atoms with Crippen LogP contribution in [-0.2, 0) is 4.74 Å². The van der Waals surface area contributed by atoms with E-state index in [1.807, 2.05) is 9.80 Å². The zero-order valence-corrected chi connectivity index (χ0v) is 12.4. The van der Waals surface area contributed by atoms with Gasteiger partial charge in [-0.05, 0) is 38.0 Å². The molecule has 2 aliphatic rings. The minimum absolute atomic E-state index is 0.233. The lowest BCUT2D eigenvalue weighted by Crippen LogP contribution is -2.51. The lowest BCUT2D eigenvalue weighted by Gasteiger charge is -2.38. The quantitative estimate of drug-likeness (QED) is 0.788. The van der Waals surface area contributed by atoms with E-state index in [0.29, 0.717) is 0 Å². The van der Waals surface area contributed by atoms with E-state index in [1.54, 1.807) is 0 Å². The van der Waals surface area contributed by atoms with Crippen LogP contribution in [0.3, 0.4) is 0 Å². The lowest BCUT2D eigenvalue weighted by molar-refractivity contribution is 0.00458. The molecular weight excluding hydrogens is 240 g/mol. The first kappa shape index (κ1) is 14.6. The molecule has 0 aromatic carbocycles. The monoisotopic (exact) mass is 268 g/mol. The topological polar surface area (TPSA) is 32.8 Å². The maximum absolute atomic E-state index is 12.5. The average molecular weight is 268 g/mol. The Bertz CT molecular complexity index is 288. The molecule has 110 valence electrons. The molecule has 0 aliphatic carbocycles. The van der Waals surface area contributed by atoms with E-state index < -0.39 is 0 Å². The molecule has 2 rings (SSSR count). The number of likely N-dealkylation sites (tertiary alicyclic amines) is 2. The first-order valence-corrected chi connectivity index (χ1v) is 7.86. The predicted octanol–water partition coefficient (Wildman–Crippen LogP) is 2.73. The van der Waals surface area contributed by atoms with E-state index in [-0.39, 0.29) is 12.1 Å². The van der Waals surface area contributed by atoms with Gasteiger partial charge in [0.05, 0.1) is 6.10 Å². The van der Waals surface area contributed by atoms with Crippen LogP contribution in [0.5, 0.6) is 0 Å². The standard InChI is InChI=1S/C15H28N2O2/c1-3-11-19-14-5-4-8-17(12-14)15(18)16-9-6-13(2)7-10-16/h13-14H,3-12H2,1-2H3. The lowest BCUT2D eigenvalue weighted by atomic mass is 9.99. The average Bonchev–Trinajstić information content (AvgIpc) is 2.45. The van der Waals surface area contributed by atoms with Crippen LogP contribution < -0.4 is 0 Å². The molecule has 1 atom stereocenters. The van der Waals surface area contributed by atoms with Crippen molar-refractivity contribution in [3.63, 3.8) is 0 Å². The molecular formula is C15H28N2O2. The Morgan fingerprint density at radius 2 is 1.89 bits per heavy atom. The number of ether oxygens (including phenoxy) is 1. The van der Waals surface area contributed by atoms with Crippen LogP contribution in [0.2, 0.25) is 0 Å². The van der Waals surface area contributed by atoms with Crippen molar-refractivity contribution < 1.29 is 9.53 Å². The van der Waals surface area contributed by atoms with E-state index >= 15 is 0 Å². The number of hydrogen-bond donors (Lipinski definition) is 0. The normalized spacial score (nSPS) is 25.7. The van der Waals surface area contributed by atoms with Gasteiger partial charge in [0.2, 0.25) is 0 Å². The summed E-state index contributed by atoms with van der Waals surface area (Å²) in [5.74, 6) is 0.769. The summed E-state index contributed by atoms with van der Waals surface area (Å²) in [6, 6.07) is 0.233. The number of carbonyl (C=O) groups is 1. The van der Waals surface area contributed by atoms with E-state index in [9.17, 15) is 4.79 Å².